The number of nitrogens with one attached hydrogen (secondary N) is 2. The quantitative estimate of drug-likeness (QED) is 0.574. The van der Waals surface area contributed by atoms with E-state index in [2.05, 4.69) is 17.6 Å². The van der Waals surface area contributed by atoms with E-state index in [1.165, 1.54) is 0 Å². The first kappa shape index (κ1) is 25.3. The van der Waals surface area contributed by atoms with Gasteiger partial charge in [0.15, 0.2) is 0 Å². The minimum atomic E-state index is -0.531. The van der Waals surface area contributed by atoms with Crippen LogP contribution in [0.2, 0.25) is 0 Å². The SMILES string of the molecule is CCCCN1C(=O)C[C@H](C(=O)Nc2cccc(NC(=O)C(C)(C)C)c2)[C@H]1c1ccc(OC)cc1. The zero-order valence-electron chi connectivity index (χ0n) is 20.7. The first-order chi connectivity index (χ1) is 16.1. The van der Waals surface area contributed by atoms with Crippen LogP contribution >= 0.6 is 0 Å². The lowest BCUT2D eigenvalue weighted by Crippen LogP contribution is -2.33. The maximum atomic E-state index is 13.4. The number of hydrogen-bond acceptors (Lipinski definition) is 4. The molecule has 3 rings (SSSR count). The largest absolute Gasteiger partial charge is 0.497 e. The molecule has 182 valence electrons. The number of carbonyl (C=O) groups excluding carboxylic acids is 3. The van der Waals surface area contributed by atoms with E-state index in [-0.39, 0.29) is 30.2 Å². The van der Waals surface area contributed by atoms with Gasteiger partial charge in [0.25, 0.3) is 0 Å². The average Bonchev–Trinajstić information content (AvgIpc) is 3.13. The number of carbonyl (C=O) groups is 3. The van der Waals surface area contributed by atoms with Crippen molar-refractivity contribution in [1.82, 2.24) is 4.90 Å². The van der Waals surface area contributed by atoms with Crippen molar-refractivity contribution in [3.05, 3.63) is 54.1 Å². The summed E-state index contributed by atoms with van der Waals surface area (Å²) < 4.78 is 5.27. The van der Waals surface area contributed by atoms with Crippen LogP contribution in [0.4, 0.5) is 11.4 Å². The number of likely N-dealkylation sites (tertiary alicyclic amines) is 1. The Morgan fingerprint density at radius 3 is 2.29 bits per heavy atom. The third-order valence-electron chi connectivity index (χ3n) is 6.05. The minimum Gasteiger partial charge on any atom is -0.497 e. The number of methoxy groups -OCH3 is 1. The molecule has 1 heterocycles. The number of amides is 3. The highest BCUT2D eigenvalue weighted by Gasteiger charge is 2.44. The molecule has 1 aliphatic heterocycles. The van der Waals surface area contributed by atoms with Crippen LogP contribution in [-0.2, 0) is 14.4 Å². The van der Waals surface area contributed by atoms with Crippen molar-refractivity contribution in [2.24, 2.45) is 11.3 Å². The molecule has 1 fully saturated rings. The van der Waals surface area contributed by atoms with Gasteiger partial charge < -0.3 is 20.3 Å². The van der Waals surface area contributed by atoms with Gasteiger partial charge in [-0.2, -0.15) is 0 Å². The molecular formula is C27H35N3O4. The minimum absolute atomic E-state index is 0.0133. The molecule has 3 amide bonds. The molecule has 0 radical (unpaired) electrons. The van der Waals surface area contributed by atoms with E-state index < -0.39 is 11.3 Å². The van der Waals surface area contributed by atoms with Gasteiger partial charge in [-0.3, -0.25) is 14.4 Å². The Kier molecular flexibility index (Phi) is 7.97. The number of anilines is 2. The lowest BCUT2D eigenvalue weighted by Gasteiger charge is -2.28. The standard InChI is InChI=1S/C27H35N3O4/c1-6-7-15-30-23(31)17-22(24(30)18-11-13-21(34-5)14-12-18)25(32)28-19-9-8-10-20(16-19)29-26(33)27(2,3)4/h8-14,16,22,24H,6-7,15,17H2,1-5H3,(H,28,32)(H,29,33)/t22-,24+/m0/s1. The normalized spacial score (nSPS) is 18.0. The summed E-state index contributed by atoms with van der Waals surface area (Å²) in [7, 11) is 1.61. The van der Waals surface area contributed by atoms with E-state index in [0.717, 1.165) is 24.2 Å². The molecule has 2 aromatic rings. The van der Waals surface area contributed by atoms with E-state index >= 15 is 0 Å². The third-order valence-corrected chi connectivity index (χ3v) is 6.05. The van der Waals surface area contributed by atoms with Crippen molar-refractivity contribution in [2.75, 3.05) is 24.3 Å². The molecule has 34 heavy (non-hydrogen) atoms. The van der Waals surface area contributed by atoms with Crippen LogP contribution in [0.5, 0.6) is 5.75 Å². The Balaban J connectivity index is 1.82. The molecule has 0 saturated carbocycles. The fraction of sp³-hybridized carbons (Fsp3) is 0.444. The molecule has 7 heteroatoms. The molecule has 2 aromatic carbocycles. The Morgan fingerprint density at radius 1 is 1.06 bits per heavy atom. The first-order valence-corrected chi connectivity index (χ1v) is 11.8. The fourth-order valence-corrected chi connectivity index (χ4v) is 4.06. The van der Waals surface area contributed by atoms with E-state index in [4.69, 9.17) is 4.74 Å². The van der Waals surface area contributed by atoms with Crippen LogP contribution in [0.15, 0.2) is 48.5 Å². The van der Waals surface area contributed by atoms with E-state index in [1.807, 2.05) is 49.9 Å². The van der Waals surface area contributed by atoms with Gasteiger partial charge in [-0.05, 0) is 42.3 Å². The maximum Gasteiger partial charge on any atom is 0.230 e. The predicted octanol–water partition coefficient (Wildman–Crippen LogP) is 5.01. The highest BCUT2D eigenvalue weighted by Crippen LogP contribution is 2.39. The summed E-state index contributed by atoms with van der Waals surface area (Å²) in [5.41, 5.74) is 1.56. The van der Waals surface area contributed by atoms with Crippen LogP contribution in [-0.4, -0.2) is 36.3 Å². The highest BCUT2D eigenvalue weighted by molar-refractivity contribution is 5.99. The summed E-state index contributed by atoms with van der Waals surface area (Å²) in [5.74, 6) is -0.134. The van der Waals surface area contributed by atoms with Crippen LogP contribution in [0.3, 0.4) is 0 Å². The van der Waals surface area contributed by atoms with Crippen molar-refractivity contribution in [3.63, 3.8) is 0 Å². The number of nitrogens with zero attached hydrogens (tertiary/aromatic N) is 1. The summed E-state index contributed by atoms with van der Waals surface area (Å²) in [4.78, 5) is 40.4. The molecule has 0 aromatic heterocycles. The van der Waals surface area contributed by atoms with Gasteiger partial charge >= 0.3 is 0 Å². The smallest absolute Gasteiger partial charge is 0.230 e. The number of ether oxygens (including phenoxy) is 1. The summed E-state index contributed by atoms with van der Waals surface area (Å²) in [6.07, 6.45) is 2.00. The van der Waals surface area contributed by atoms with Crippen molar-refractivity contribution in [1.29, 1.82) is 0 Å². The van der Waals surface area contributed by atoms with E-state index in [9.17, 15) is 14.4 Å². The molecule has 0 unspecified atom stereocenters. The Labute approximate surface area is 201 Å². The van der Waals surface area contributed by atoms with Gasteiger partial charge in [0.2, 0.25) is 17.7 Å². The van der Waals surface area contributed by atoms with E-state index in [1.54, 1.807) is 31.4 Å². The van der Waals surface area contributed by atoms with Crippen molar-refractivity contribution >= 4 is 29.1 Å². The second-order valence-corrected chi connectivity index (χ2v) is 9.74. The lowest BCUT2D eigenvalue weighted by molar-refractivity contribution is -0.129. The van der Waals surface area contributed by atoms with Gasteiger partial charge in [-0.15, -0.1) is 0 Å². The molecule has 7 nitrogen and oxygen atoms in total. The average molecular weight is 466 g/mol. The predicted molar refractivity (Wildman–Crippen MR) is 134 cm³/mol. The van der Waals surface area contributed by atoms with Gasteiger partial charge in [-0.25, -0.2) is 0 Å². The van der Waals surface area contributed by atoms with Crippen LogP contribution < -0.4 is 15.4 Å². The lowest BCUT2D eigenvalue weighted by atomic mass is 9.92. The van der Waals surface area contributed by atoms with Crippen LogP contribution in [0, 0.1) is 11.3 Å². The van der Waals surface area contributed by atoms with Gasteiger partial charge in [-0.1, -0.05) is 52.3 Å². The molecular weight excluding hydrogens is 430 g/mol. The van der Waals surface area contributed by atoms with Crippen LogP contribution in [0.25, 0.3) is 0 Å². The highest BCUT2D eigenvalue weighted by atomic mass is 16.5. The number of hydrogen-bond donors (Lipinski definition) is 2. The molecule has 2 atom stereocenters. The van der Waals surface area contributed by atoms with E-state index in [0.29, 0.717) is 17.9 Å². The number of benzene rings is 2. The molecule has 0 bridgehead atoms. The van der Waals surface area contributed by atoms with Gasteiger partial charge in [0.1, 0.15) is 5.75 Å². The fourth-order valence-electron chi connectivity index (χ4n) is 4.06. The molecule has 1 saturated heterocycles. The topological polar surface area (TPSA) is 87.7 Å². The van der Waals surface area contributed by atoms with Gasteiger partial charge in [0, 0.05) is 29.8 Å². The third kappa shape index (κ3) is 5.95. The number of unbranched alkanes of at least 4 members (excludes halogenated alkanes) is 1. The van der Waals surface area contributed by atoms with Crippen molar-refractivity contribution in [2.45, 2.75) is 53.0 Å². The zero-order valence-corrected chi connectivity index (χ0v) is 20.7. The molecule has 2 N–H and O–H groups in total. The second kappa shape index (κ2) is 10.7. The Morgan fingerprint density at radius 2 is 1.71 bits per heavy atom. The summed E-state index contributed by atoms with van der Waals surface area (Å²) >= 11 is 0. The first-order valence-electron chi connectivity index (χ1n) is 11.8. The summed E-state index contributed by atoms with van der Waals surface area (Å²) in [6, 6.07) is 14.3. The Bertz CT molecular complexity index is 1030. The van der Waals surface area contributed by atoms with Crippen molar-refractivity contribution < 1.29 is 19.1 Å². The second-order valence-electron chi connectivity index (χ2n) is 9.74. The number of rotatable bonds is 8. The zero-order chi connectivity index (χ0) is 24.9. The monoisotopic (exact) mass is 465 g/mol. The molecule has 1 aliphatic rings. The van der Waals surface area contributed by atoms with Crippen molar-refractivity contribution in [3.8, 4) is 5.75 Å². The molecule has 0 spiro atoms. The van der Waals surface area contributed by atoms with Gasteiger partial charge in [0.05, 0.1) is 19.1 Å². The Hall–Kier alpha value is -3.35. The molecule has 0 aliphatic carbocycles. The summed E-state index contributed by atoms with van der Waals surface area (Å²) in [5, 5.41) is 5.85. The van der Waals surface area contributed by atoms with Crippen LogP contribution in [0.1, 0.15) is 58.6 Å². The summed E-state index contributed by atoms with van der Waals surface area (Å²) in [6.45, 7) is 8.22. The maximum absolute atomic E-state index is 13.4.